The van der Waals surface area contributed by atoms with E-state index in [2.05, 4.69) is 4.74 Å². The third-order valence-electron chi connectivity index (χ3n) is 2.10. The van der Waals surface area contributed by atoms with Crippen LogP contribution in [0.4, 0.5) is 13.2 Å². The van der Waals surface area contributed by atoms with Crippen LogP contribution in [0.1, 0.15) is 10.4 Å². The van der Waals surface area contributed by atoms with Crippen molar-refractivity contribution >= 4 is 5.91 Å². The maximum absolute atomic E-state index is 12.5. The lowest BCUT2D eigenvalue weighted by Crippen LogP contribution is -2.38. The molecular formula is C11H12F3NO3. The molecule has 18 heavy (non-hydrogen) atoms. The summed E-state index contributed by atoms with van der Waals surface area (Å²) in [6, 6.07) is 5.07. The highest BCUT2D eigenvalue weighted by atomic mass is 19.4. The standard InChI is InChI=1S/C11H12F3NO3/c1-17-6-9(11(12,13)14)18-8-4-2-7(3-5-8)10(15)16/h2-5,9H,6H2,1H3,(H2,15,16). The summed E-state index contributed by atoms with van der Waals surface area (Å²) in [5.41, 5.74) is 5.19. The van der Waals surface area contributed by atoms with Crippen LogP contribution in [-0.2, 0) is 4.74 Å². The van der Waals surface area contributed by atoms with Crippen LogP contribution in [0.15, 0.2) is 24.3 Å². The minimum absolute atomic E-state index is 0.0145. The fraction of sp³-hybridized carbons (Fsp3) is 0.364. The van der Waals surface area contributed by atoms with Crippen LogP contribution in [0.25, 0.3) is 0 Å². The van der Waals surface area contributed by atoms with Gasteiger partial charge in [-0.25, -0.2) is 0 Å². The lowest BCUT2D eigenvalue weighted by atomic mass is 10.2. The number of alkyl halides is 3. The first-order valence-corrected chi connectivity index (χ1v) is 4.96. The summed E-state index contributed by atoms with van der Waals surface area (Å²) in [5.74, 6) is -0.676. The van der Waals surface area contributed by atoms with Crippen molar-refractivity contribution in [3.05, 3.63) is 29.8 Å². The van der Waals surface area contributed by atoms with Gasteiger partial charge in [-0.05, 0) is 24.3 Å². The molecule has 1 aromatic carbocycles. The Kier molecular flexibility index (Phi) is 4.55. The quantitative estimate of drug-likeness (QED) is 0.880. The Labute approximate surface area is 101 Å². The molecule has 1 amide bonds. The van der Waals surface area contributed by atoms with Gasteiger partial charge in [0.2, 0.25) is 12.0 Å². The summed E-state index contributed by atoms with van der Waals surface area (Å²) in [5, 5.41) is 0. The van der Waals surface area contributed by atoms with Crippen LogP contribution in [0.2, 0.25) is 0 Å². The van der Waals surface area contributed by atoms with E-state index >= 15 is 0 Å². The van der Waals surface area contributed by atoms with Crippen molar-refractivity contribution < 1.29 is 27.4 Å². The van der Waals surface area contributed by atoms with Crippen LogP contribution in [0, 0.1) is 0 Å². The van der Waals surface area contributed by atoms with E-state index < -0.39 is 24.8 Å². The molecule has 0 aliphatic carbocycles. The molecule has 1 rings (SSSR count). The Morgan fingerprint density at radius 1 is 1.33 bits per heavy atom. The first kappa shape index (κ1) is 14.3. The van der Waals surface area contributed by atoms with Gasteiger partial charge in [-0.3, -0.25) is 4.79 Å². The molecule has 2 N–H and O–H groups in total. The summed E-state index contributed by atoms with van der Waals surface area (Å²) < 4.78 is 46.8. The summed E-state index contributed by atoms with van der Waals surface area (Å²) in [4.78, 5) is 10.8. The van der Waals surface area contributed by atoms with E-state index in [-0.39, 0.29) is 11.3 Å². The highest BCUT2D eigenvalue weighted by Crippen LogP contribution is 2.25. The molecule has 0 saturated carbocycles. The van der Waals surface area contributed by atoms with Crippen LogP contribution >= 0.6 is 0 Å². The van der Waals surface area contributed by atoms with E-state index in [0.29, 0.717) is 0 Å². The van der Waals surface area contributed by atoms with Gasteiger partial charge in [0.15, 0.2) is 0 Å². The molecule has 0 fully saturated rings. The molecule has 0 radical (unpaired) electrons. The molecule has 100 valence electrons. The number of amides is 1. The van der Waals surface area contributed by atoms with Crippen molar-refractivity contribution in [3.63, 3.8) is 0 Å². The van der Waals surface area contributed by atoms with Crippen molar-refractivity contribution in [3.8, 4) is 5.75 Å². The van der Waals surface area contributed by atoms with Crippen molar-refractivity contribution in [1.82, 2.24) is 0 Å². The van der Waals surface area contributed by atoms with Gasteiger partial charge in [0, 0.05) is 12.7 Å². The number of primary amides is 1. The number of methoxy groups -OCH3 is 1. The van der Waals surface area contributed by atoms with Gasteiger partial charge >= 0.3 is 6.18 Å². The van der Waals surface area contributed by atoms with Gasteiger partial charge in [-0.15, -0.1) is 0 Å². The first-order valence-electron chi connectivity index (χ1n) is 4.96. The number of hydrogen-bond acceptors (Lipinski definition) is 3. The van der Waals surface area contributed by atoms with E-state index in [0.717, 1.165) is 7.11 Å². The van der Waals surface area contributed by atoms with Gasteiger partial charge in [0.05, 0.1) is 6.61 Å². The predicted molar refractivity (Wildman–Crippen MR) is 57.3 cm³/mol. The molecule has 1 aromatic rings. The number of rotatable bonds is 5. The normalized spacial score (nSPS) is 13.1. The smallest absolute Gasteiger partial charge is 0.427 e. The molecule has 0 aliphatic rings. The number of benzene rings is 1. The number of carbonyl (C=O) groups is 1. The van der Waals surface area contributed by atoms with Gasteiger partial charge in [0.25, 0.3) is 0 Å². The SMILES string of the molecule is COCC(Oc1ccc(C(N)=O)cc1)C(F)(F)F. The Hall–Kier alpha value is -1.76. The molecular weight excluding hydrogens is 251 g/mol. The van der Waals surface area contributed by atoms with Gasteiger partial charge in [0.1, 0.15) is 5.75 Å². The first-order chi connectivity index (χ1) is 8.34. The zero-order chi connectivity index (χ0) is 13.8. The fourth-order valence-corrected chi connectivity index (χ4v) is 1.21. The van der Waals surface area contributed by atoms with Gasteiger partial charge < -0.3 is 15.2 Å². The lowest BCUT2D eigenvalue weighted by Gasteiger charge is -2.21. The largest absolute Gasteiger partial charge is 0.478 e. The van der Waals surface area contributed by atoms with Crippen LogP contribution < -0.4 is 10.5 Å². The van der Waals surface area contributed by atoms with Gasteiger partial charge in [-0.2, -0.15) is 13.2 Å². The van der Waals surface area contributed by atoms with Crippen LogP contribution in [-0.4, -0.2) is 31.9 Å². The topological polar surface area (TPSA) is 61.6 Å². The molecule has 1 atom stereocenters. The minimum Gasteiger partial charge on any atom is -0.478 e. The highest BCUT2D eigenvalue weighted by Gasteiger charge is 2.41. The van der Waals surface area contributed by atoms with Crippen molar-refractivity contribution in [2.75, 3.05) is 13.7 Å². The molecule has 0 heterocycles. The number of carbonyl (C=O) groups excluding carboxylic acids is 1. The zero-order valence-corrected chi connectivity index (χ0v) is 9.53. The molecule has 1 unspecified atom stereocenters. The maximum Gasteiger partial charge on any atom is 0.427 e. The fourth-order valence-electron chi connectivity index (χ4n) is 1.21. The minimum atomic E-state index is -4.53. The molecule has 0 saturated heterocycles. The van der Waals surface area contributed by atoms with Crippen molar-refractivity contribution in [2.45, 2.75) is 12.3 Å². The van der Waals surface area contributed by atoms with Crippen molar-refractivity contribution in [1.29, 1.82) is 0 Å². The Balaban J connectivity index is 2.78. The molecule has 0 spiro atoms. The van der Waals surface area contributed by atoms with E-state index in [9.17, 15) is 18.0 Å². The van der Waals surface area contributed by atoms with Crippen molar-refractivity contribution in [2.24, 2.45) is 5.73 Å². The summed E-state index contributed by atoms with van der Waals surface area (Å²) in [6.45, 7) is -0.610. The number of halogens is 3. The second-order valence-corrected chi connectivity index (χ2v) is 3.49. The average Bonchev–Trinajstić information content (AvgIpc) is 2.28. The second-order valence-electron chi connectivity index (χ2n) is 3.49. The molecule has 4 nitrogen and oxygen atoms in total. The monoisotopic (exact) mass is 263 g/mol. The third-order valence-corrected chi connectivity index (χ3v) is 2.10. The maximum atomic E-state index is 12.5. The Bertz CT molecular complexity index is 403. The van der Waals surface area contributed by atoms with Gasteiger partial charge in [-0.1, -0.05) is 0 Å². The molecule has 0 bridgehead atoms. The second kappa shape index (κ2) is 5.72. The number of hydrogen-bond donors (Lipinski definition) is 1. The van der Waals surface area contributed by atoms with E-state index in [4.69, 9.17) is 10.5 Å². The molecule has 7 heteroatoms. The van der Waals surface area contributed by atoms with Crippen LogP contribution in [0.5, 0.6) is 5.75 Å². The Morgan fingerprint density at radius 3 is 2.28 bits per heavy atom. The van der Waals surface area contributed by atoms with E-state index in [1.54, 1.807) is 0 Å². The Morgan fingerprint density at radius 2 is 1.89 bits per heavy atom. The third kappa shape index (κ3) is 3.92. The summed E-state index contributed by atoms with van der Waals surface area (Å²) >= 11 is 0. The van der Waals surface area contributed by atoms with E-state index in [1.807, 2.05) is 0 Å². The van der Waals surface area contributed by atoms with Crippen LogP contribution in [0.3, 0.4) is 0 Å². The van der Waals surface area contributed by atoms with E-state index in [1.165, 1.54) is 24.3 Å². The zero-order valence-electron chi connectivity index (χ0n) is 9.53. The summed E-state index contributed by atoms with van der Waals surface area (Å²) in [7, 11) is 1.15. The highest BCUT2D eigenvalue weighted by molar-refractivity contribution is 5.92. The lowest BCUT2D eigenvalue weighted by molar-refractivity contribution is -0.206. The predicted octanol–water partition coefficient (Wildman–Crippen LogP) is 1.74. The molecule has 0 aromatic heterocycles. The number of ether oxygens (including phenoxy) is 2. The number of nitrogens with two attached hydrogens (primary N) is 1. The average molecular weight is 263 g/mol. The summed E-state index contributed by atoms with van der Waals surface area (Å²) in [6.07, 6.45) is -6.58. The molecule has 0 aliphatic heterocycles.